The maximum Gasteiger partial charge on any atom is 0.434 e. The van der Waals surface area contributed by atoms with E-state index in [4.69, 9.17) is 17.3 Å². The molecule has 3 N–H and O–H groups in total. The maximum absolute atomic E-state index is 14.0. The first-order chi connectivity index (χ1) is 17.2. The second-order valence-corrected chi connectivity index (χ2v) is 7.59. The molecule has 36 heavy (non-hydrogen) atoms. The average Bonchev–Trinajstić information content (AvgIpc) is 3.32. The summed E-state index contributed by atoms with van der Waals surface area (Å²) in [5.74, 6) is -1.16. The van der Waals surface area contributed by atoms with Gasteiger partial charge in [-0.05, 0) is 42.5 Å². The van der Waals surface area contributed by atoms with Crippen LogP contribution in [0.3, 0.4) is 0 Å². The lowest BCUT2D eigenvalue weighted by atomic mass is 10.1. The van der Waals surface area contributed by atoms with Crippen LogP contribution in [-0.2, 0) is 4.79 Å². The molecule has 1 amide bonds. The van der Waals surface area contributed by atoms with Crippen LogP contribution in [0.4, 0.5) is 24.5 Å². The van der Waals surface area contributed by atoms with Gasteiger partial charge in [0.15, 0.2) is 12.0 Å². The number of nitrogens with one attached hydrogen (secondary N) is 1. The molecule has 13 heteroatoms. The smallest absolute Gasteiger partial charge is 0.404 e. The molecule has 0 bridgehead atoms. The van der Waals surface area contributed by atoms with Crippen LogP contribution in [-0.4, -0.2) is 44.1 Å². The standard InChI is InChI=1S/C23H15ClF3N7O2/c24-17-9-13(6-7-20(17)34-30-11-14(12-35)33-34)31-22(36)16(10-28)21(23(25,26)27)32-19-5-1-4-18-15(19)3-2-8-29-18/h1-12H,28H2,(H,31,36). The highest BCUT2D eigenvalue weighted by molar-refractivity contribution is 6.33. The van der Waals surface area contributed by atoms with E-state index in [9.17, 15) is 22.8 Å². The second kappa shape index (κ2) is 9.96. The van der Waals surface area contributed by atoms with E-state index in [0.29, 0.717) is 23.4 Å². The third-order valence-corrected chi connectivity index (χ3v) is 5.14. The van der Waals surface area contributed by atoms with Crippen LogP contribution in [0.2, 0.25) is 5.02 Å². The monoisotopic (exact) mass is 513 g/mol. The van der Waals surface area contributed by atoms with Crippen molar-refractivity contribution in [3.8, 4) is 5.69 Å². The number of nitrogens with two attached hydrogens (primary N) is 1. The third kappa shape index (κ3) is 5.08. The summed E-state index contributed by atoms with van der Waals surface area (Å²) in [6, 6.07) is 11.7. The molecule has 4 aromatic rings. The van der Waals surface area contributed by atoms with Crippen molar-refractivity contribution < 1.29 is 22.8 Å². The van der Waals surface area contributed by atoms with Gasteiger partial charge in [-0.15, -0.1) is 9.90 Å². The SMILES string of the molecule is NC=C(C(=O)Nc1ccc(-n2ncc(C=O)n2)c(Cl)c1)C(=Nc1cccc2ncccc12)C(F)(F)F. The molecule has 9 nitrogen and oxygen atoms in total. The fraction of sp³-hybridized carbons (Fsp3) is 0.0435. The number of benzene rings is 2. The maximum atomic E-state index is 14.0. The molecule has 2 heterocycles. The number of amides is 1. The Bertz CT molecular complexity index is 1520. The van der Waals surface area contributed by atoms with Crippen molar-refractivity contribution in [2.75, 3.05) is 5.32 Å². The van der Waals surface area contributed by atoms with Gasteiger partial charge in [-0.2, -0.15) is 18.3 Å². The zero-order valence-electron chi connectivity index (χ0n) is 18.1. The largest absolute Gasteiger partial charge is 0.434 e. The Balaban J connectivity index is 1.66. The third-order valence-electron chi connectivity index (χ3n) is 4.84. The highest BCUT2D eigenvalue weighted by Crippen LogP contribution is 2.31. The quantitative estimate of drug-likeness (QED) is 0.223. The zero-order valence-corrected chi connectivity index (χ0v) is 18.8. The average molecular weight is 514 g/mol. The number of carbonyl (C=O) groups excluding carboxylic acids is 2. The summed E-state index contributed by atoms with van der Waals surface area (Å²) in [6.45, 7) is 0. The molecule has 4 rings (SSSR count). The zero-order chi connectivity index (χ0) is 25.9. The van der Waals surface area contributed by atoms with Crippen molar-refractivity contribution in [1.29, 1.82) is 0 Å². The van der Waals surface area contributed by atoms with Gasteiger partial charge < -0.3 is 11.1 Å². The molecule has 0 saturated heterocycles. The van der Waals surface area contributed by atoms with Crippen LogP contribution in [0, 0.1) is 0 Å². The number of hydrogen-bond acceptors (Lipinski definition) is 7. The van der Waals surface area contributed by atoms with Crippen molar-refractivity contribution in [3.05, 3.63) is 83.4 Å². The van der Waals surface area contributed by atoms with Crippen LogP contribution in [0.15, 0.2) is 77.7 Å². The first-order valence-electron chi connectivity index (χ1n) is 10.1. The Hall–Kier alpha value is -4.58. The normalized spacial score (nSPS) is 12.6. The number of rotatable bonds is 6. The molecule has 2 aromatic carbocycles. The van der Waals surface area contributed by atoms with Gasteiger partial charge in [0.05, 0.1) is 28.0 Å². The number of carbonyl (C=O) groups is 2. The van der Waals surface area contributed by atoms with Crippen molar-refractivity contribution in [2.45, 2.75) is 6.18 Å². The second-order valence-electron chi connectivity index (χ2n) is 7.18. The fourth-order valence-electron chi connectivity index (χ4n) is 3.23. The van der Waals surface area contributed by atoms with Gasteiger partial charge >= 0.3 is 6.18 Å². The Labute approximate surface area is 206 Å². The minimum Gasteiger partial charge on any atom is -0.404 e. The van der Waals surface area contributed by atoms with Crippen LogP contribution in [0.1, 0.15) is 10.5 Å². The topological polar surface area (TPSA) is 128 Å². The number of pyridine rings is 1. The summed E-state index contributed by atoms with van der Waals surface area (Å²) in [4.78, 5) is 32.6. The van der Waals surface area contributed by atoms with Crippen molar-refractivity contribution in [3.63, 3.8) is 0 Å². The first-order valence-corrected chi connectivity index (χ1v) is 10.5. The van der Waals surface area contributed by atoms with Gasteiger partial charge in [-0.3, -0.25) is 14.6 Å². The lowest BCUT2D eigenvalue weighted by molar-refractivity contribution is -0.113. The molecule has 2 aromatic heterocycles. The van der Waals surface area contributed by atoms with Crippen molar-refractivity contribution in [1.82, 2.24) is 20.0 Å². The molecule has 182 valence electrons. The van der Waals surface area contributed by atoms with E-state index in [1.807, 2.05) is 0 Å². The number of halogens is 4. The van der Waals surface area contributed by atoms with Gasteiger partial charge in [0.1, 0.15) is 11.4 Å². The van der Waals surface area contributed by atoms with Gasteiger partial charge in [0, 0.05) is 23.5 Å². The summed E-state index contributed by atoms with van der Waals surface area (Å²) in [7, 11) is 0. The lowest BCUT2D eigenvalue weighted by Gasteiger charge is -2.15. The van der Waals surface area contributed by atoms with Crippen LogP contribution in [0.5, 0.6) is 0 Å². The molecule has 0 aliphatic carbocycles. The summed E-state index contributed by atoms with van der Waals surface area (Å²) >= 11 is 6.22. The first kappa shape index (κ1) is 24.5. The number of hydrogen-bond donors (Lipinski definition) is 2. The van der Waals surface area contributed by atoms with Gasteiger partial charge in [-0.25, -0.2) is 4.99 Å². The molecular formula is C23H15ClF3N7O2. The van der Waals surface area contributed by atoms with E-state index in [2.05, 4.69) is 25.5 Å². The highest BCUT2D eigenvalue weighted by Gasteiger charge is 2.40. The Kier molecular flexibility index (Phi) is 6.79. The lowest BCUT2D eigenvalue weighted by Crippen LogP contribution is -2.32. The summed E-state index contributed by atoms with van der Waals surface area (Å²) in [6.07, 6.45) is -1.24. The van der Waals surface area contributed by atoms with Gasteiger partial charge in [0.2, 0.25) is 0 Å². The number of aliphatic imine (C=N–C) groups is 1. The van der Waals surface area contributed by atoms with Crippen LogP contribution in [0.25, 0.3) is 16.6 Å². The van der Waals surface area contributed by atoms with Gasteiger partial charge in [0.25, 0.3) is 5.91 Å². The molecule has 0 saturated carbocycles. The van der Waals surface area contributed by atoms with Crippen molar-refractivity contribution in [2.24, 2.45) is 10.7 Å². The predicted molar refractivity (Wildman–Crippen MR) is 128 cm³/mol. The molecule has 0 unspecified atom stereocenters. The molecule has 0 aliphatic heterocycles. The summed E-state index contributed by atoms with van der Waals surface area (Å²) < 4.78 is 42.0. The Morgan fingerprint density at radius 3 is 2.64 bits per heavy atom. The van der Waals surface area contributed by atoms with E-state index < -0.39 is 23.4 Å². The Morgan fingerprint density at radius 2 is 1.97 bits per heavy atom. The van der Waals surface area contributed by atoms with Crippen LogP contribution < -0.4 is 11.1 Å². The summed E-state index contributed by atoms with van der Waals surface area (Å²) in [5.41, 5.74) is 3.89. The van der Waals surface area contributed by atoms with E-state index in [1.54, 1.807) is 18.2 Å². The highest BCUT2D eigenvalue weighted by atomic mass is 35.5. The number of aldehydes is 1. The molecule has 0 aliphatic rings. The minimum atomic E-state index is -5.00. The molecular weight excluding hydrogens is 499 g/mol. The fourth-order valence-corrected chi connectivity index (χ4v) is 3.49. The van der Waals surface area contributed by atoms with Crippen LogP contribution >= 0.6 is 11.6 Å². The molecule has 0 atom stereocenters. The Morgan fingerprint density at radius 1 is 1.17 bits per heavy atom. The minimum absolute atomic E-state index is 0.0334. The summed E-state index contributed by atoms with van der Waals surface area (Å²) in [5, 5.41) is 10.6. The van der Waals surface area contributed by atoms with E-state index in [1.165, 1.54) is 42.7 Å². The molecule has 0 radical (unpaired) electrons. The number of anilines is 1. The van der Waals surface area contributed by atoms with E-state index in [-0.39, 0.29) is 27.8 Å². The van der Waals surface area contributed by atoms with Gasteiger partial charge in [-0.1, -0.05) is 17.7 Å². The number of aromatic nitrogens is 4. The van der Waals surface area contributed by atoms with E-state index >= 15 is 0 Å². The van der Waals surface area contributed by atoms with Crippen molar-refractivity contribution >= 4 is 51.8 Å². The number of fused-ring (bicyclic) bond motifs is 1. The molecule has 0 fully saturated rings. The number of nitrogens with zero attached hydrogens (tertiary/aromatic N) is 5. The number of alkyl halides is 3. The molecule has 0 spiro atoms. The van der Waals surface area contributed by atoms with E-state index in [0.717, 1.165) is 4.80 Å². The predicted octanol–water partition coefficient (Wildman–Crippen LogP) is 4.40.